The maximum absolute atomic E-state index is 11.5. The van der Waals surface area contributed by atoms with E-state index in [0.29, 0.717) is 5.69 Å². The van der Waals surface area contributed by atoms with E-state index in [0.717, 1.165) is 30.0 Å². The fraction of sp³-hybridized carbons (Fsp3) is 0.600. The number of nitrogen functional groups attached to an aromatic ring is 1. The van der Waals surface area contributed by atoms with E-state index in [2.05, 4.69) is 5.32 Å². The lowest BCUT2D eigenvalue weighted by Crippen LogP contribution is -2.20. The van der Waals surface area contributed by atoms with Gasteiger partial charge in [-0.2, -0.15) is 0 Å². The number of anilines is 2. The number of hydrogen-bond acceptors (Lipinski definition) is 4. The van der Waals surface area contributed by atoms with Crippen LogP contribution in [0.15, 0.2) is 23.1 Å². The molecule has 0 amide bonds. The molecular weight excluding hydrogens is 272 g/mol. The van der Waals surface area contributed by atoms with Gasteiger partial charge in [0.05, 0.1) is 16.3 Å². The molecule has 0 spiro atoms. The molecule has 4 nitrogen and oxygen atoms in total. The second-order valence-corrected chi connectivity index (χ2v) is 8.35. The third-order valence-corrected chi connectivity index (χ3v) is 6.00. The summed E-state index contributed by atoms with van der Waals surface area (Å²) in [4.78, 5) is 0.278. The Balaban J connectivity index is 1.66. The summed E-state index contributed by atoms with van der Waals surface area (Å²) in [5, 5.41) is 3.40. The Morgan fingerprint density at radius 1 is 1.30 bits per heavy atom. The zero-order chi connectivity index (χ0) is 14.3. The number of fused-ring (bicyclic) bond motifs is 2. The third-order valence-electron chi connectivity index (χ3n) is 4.89. The normalized spacial score (nSPS) is 28.8. The highest BCUT2D eigenvalue weighted by molar-refractivity contribution is 7.90. The first kappa shape index (κ1) is 13.7. The number of rotatable bonds is 4. The highest BCUT2D eigenvalue weighted by Crippen LogP contribution is 2.48. The molecule has 3 atom stereocenters. The maximum Gasteiger partial charge on any atom is 0.175 e. The average Bonchev–Trinajstić information content (AvgIpc) is 2.98. The Hall–Kier alpha value is -1.23. The van der Waals surface area contributed by atoms with Gasteiger partial charge in [-0.15, -0.1) is 0 Å². The van der Waals surface area contributed by atoms with E-state index < -0.39 is 9.84 Å². The zero-order valence-corrected chi connectivity index (χ0v) is 12.6. The third kappa shape index (κ3) is 2.64. The van der Waals surface area contributed by atoms with Crippen molar-refractivity contribution in [1.29, 1.82) is 0 Å². The topological polar surface area (TPSA) is 72.2 Å². The molecule has 3 rings (SSSR count). The van der Waals surface area contributed by atoms with Crippen LogP contribution >= 0.6 is 0 Å². The van der Waals surface area contributed by atoms with Crippen molar-refractivity contribution in [2.24, 2.45) is 17.8 Å². The molecule has 1 aromatic rings. The largest absolute Gasteiger partial charge is 0.397 e. The lowest BCUT2D eigenvalue weighted by molar-refractivity contribution is 0.348. The van der Waals surface area contributed by atoms with Crippen molar-refractivity contribution >= 4 is 21.2 Å². The van der Waals surface area contributed by atoms with Crippen LogP contribution in [0.25, 0.3) is 0 Å². The van der Waals surface area contributed by atoms with E-state index in [1.54, 1.807) is 18.2 Å². The Morgan fingerprint density at radius 3 is 2.65 bits per heavy atom. The number of hydrogen-bond donors (Lipinski definition) is 2. The van der Waals surface area contributed by atoms with Crippen molar-refractivity contribution in [3.05, 3.63) is 18.2 Å². The Labute approximate surface area is 120 Å². The smallest absolute Gasteiger partial charge is 0.175 e. The van der Waals surface area contributed by atoms with Crippen LogP contribution < -0.4 is 11.1 Å². The van der Waals surface area contributed by atoms with Crippen LogP contribution in [0.4, 0.5) is 11.4 Å². The van der Waals surface area contributed by atoms with Crippen LogP contribution in [0.3, 0.4) is 0 Å². The first-order valence-electron chi connectivity index (χ1n) is 7.27. The molecule has 2 saturated carbocycles. The summed E-state index contributed by atoms with van der Waals surface area (Å²) < 4.78 is 22.9. The predicted octanol–water partition coefficient (Wildman–Crippen LogP) is 2.52. The van der Waals surface area contributed by atoms with Crippen LogP contribution in [-0.2, 0) is 9.84 Å². The highest BCUT2D eigenvalue weighted by Gasteiger charge is 2.39. The maximum atomic E-state index is 11.5. The van der Waals surface area contributed by atoms with Crippen LogP contribution in [0, 0.1) is 17.8 Å². The van der Waals surface area contributed by atoms with Gasteiger partial charge in [-0.1, -0.05) is 6.42 Å². The molecule has 2 aliphatic rings. The first-order valence-corrected chi connectivity index (χ1v) is 9.16. The van der Waals surface area contributed by atoms with Gasteiger partial charge in [0, 0.05) is 12.8 Å². The van der Waals surface area contributed by atoms with Gasteiger partial charge in [-0.25, -0.2) is 8.42 Å². The highest BCUT2D eigenvalue weighted by atomic mass is 32.2. The number of benzene rings is 1. The van der Waals surface area contributed by atoms with Crippen molar-refractivity contribution < 1.29 is 8.42 Å². The van der Waals surface area contributed by atoms with Crippen LogP contribution in [0.2, 0.25) is 0 Å². The van der Waals surface area contributed by atoms with Crippen molar-refractivity contribution in [1.82, 2.24) is 0 Å². The second kappa shape index (κ2) is 4.95. The van der Waals surface area contributed by atoms with Gasteiger partial charge >= 0.3 is 0 Å². The van der Waals surface area contributed by atoms with E-state index in [4.69, 9.17) is 5.73 Å². The van der Waals surface area contributed by atoms with E-state index in [-0.39, 0.29) is 4.90 Å². The van der Waals surface area contributed by atoms with Crippen LogP contribution in [0.1, 0.15) is 25.7 Å². The van der Waals surface area contributed by atoms with Gasteiger partial charge in [-0.3, -0.25) is 0 Å². The summed E-state index contributed by atoms with van der Waals surface area (Å²) in [5.74, 6) is 2.57. The Bertz CT molecular complexity index is 612. The van der Waals surface area contributed by atoms with Crippen molar-refractivity contribution in [3.63, 3.8) is 0 Å². The van der Waals surface area contributed by atoms with Crippen LogP contribution in [0.5, 0.6) is 0 Å². The van der Waals surface area contributed by atoms with Gasteiger partial charge in [0.25, 0.3) is 0 Å². The Morgan fingerprint density at radius 2 is 2.10 bits per heavy atom. The van der Waals surface area contributed by atoms with Gasteiger partial charge in [0.15, 0.2) is 9.84 Å². The van der Waals surface area contributed by atoms with Crippen LogP contribution in [-0.4, -0.2) is 21.2 Å². The standard InChI is InChI=1S/C15H22N2O2S/c1-20(18,19)13-4-5-15(14(16)8-13)17-9-12-7-10-2-3-11(12)6-10/h4-5,8,10-12,17H,2-3,6-7,9,16H2,1H3. The van der Waals surface area contributed by atoms with E-state index in [1.807, 2.05) is 0 Å². The van der Waals surface area contributed by atoms with Crippen molar-refractivity contribution in [2.75, 3.05) is 23.9 Å². The molecule has 0 radical (unpaired) electrons. The quantitative estimate of drug-likeness (QED) is 0.837. The molecule has 0 heterocycles. The summed E-state index contributed by atoms with van der Waals surface area (Å²) in [6, 6.07) is 4.94. The summed E-state index contributed by atoms with van der Waals surface area (Å²) in [5.41, 5.74) is 7.31. The first-order chi connectivity index (χ1) is 9.43. The molecule has 2 aliphatic carbocycles. The predicted molar refractivity (Wildman–Crippen MR) is 81.4 cm³/mol. The Kier molecular flexibility index (Phi) is 3.40. The minimum atomic E-state index is -3.19. The van der Waals surface area contributed by atoms with E-state index in [9.17, 15) is 8.42 Å². The minimum absolute atomic E-state index is 0.278. The van der Waals surface area contributed by atoms with Gasteiger partial charge in [-0.05, 0) is 55.2 Å². The molecule has 0 aliphatic heterocycles. The van der Waals surface area contributed by atoms with Crippen molar-refractivity contribution in [2.45, 2.75) is 30.6 Å². The van der Waals surface area contributed by atoms with E-state index >= 15 is 0 Å². The molecule has 20 heavy (non-hydrogen) atoms. The summed E-state index contributed by atoms with van der Waals surface area (Å²) in [6.45, 7) is 0.948. The molecule has 3 N–H and O–H groups in total. The van der Waals surface area contributed by atoms with Gasteiger partial charge < -0.3 is 11.1 Å². The van der Waals surface area contributed by atoms with Gasteiger partial charge in [0.2, 0.25) is 0 Å². The number of sulfone groups is 1. The summed E-state index contributed by atoms with van der Waals surface area (Å²) in [7, 11) is -3.19. The SMILES string of the molecule is CS(=O)(=O)c1ccc(NCC2CC3CCC2C3)c(N)c1. The fourth-order valence-corrected chi connectivity index (χ4v) is 4.46. The molecule has 2 fully saturated rings. The zero-order valence-electron chi connectivity index (χ0n) is 11.8. The molecule has 3 unspecified atom stereocenters. The molecule has 2 bridgehead atoms. The molecule has 0 saturated heterocycles. The van der Waals surface area contributed by atoms with E-state index in [1.165, 1.54) is 31.9 Å². The number of nitrogens with one attached hydrogen (secondary N) is 1. The lowest BCUT2D eigenvalue weighted by Gasteiger charge is -2.22. The number of nitrogens with two attached hydrogens (primary N) is 1. The monoisotopic (exact) mass is 294 g/mol. The van der Waals surface area contributed by atoms with Crippen molar-refractivity contribution in [3.8, 4) is 0 Å². The van der Waals surface area contributed by atoms with Gasteiger partial charge in [0.1, 0.15) is 0 Å². The average molecular weight is 294 g/mol. The summed E-state index contributed by atoms with van der Waals surface area (Å²) in [6.07, 6.45) is 6.71. The molecule has 0 aromatic heterocycles. The molecule has 1 aromatic carbocycles. The fourth-order valence-electron chi connectivity index (χ4n) is 3.80. The second-order valence-electron chi connectivity index (χ2n) is 6.34. The summed E-state index contributed by atoms with van der Waals surface area (Å²) >= 11 is 0. The molecular formula is C15H22N2O2S. The minimum Gasteiger partial charge on any atom is -0.397 e. The lowest BCUT2D eigenvalue weighted by atomic mass is 9.89. The molecule has 110 valence electrons. The molecule has 5 heteroatoms.